The summed E-state index contributed by atoms with van der Waals surface area (Å²) in [7, 11) is -2.08. The van der Waals surface area contributed by atoms with Gasteiger partial charge in [-0.2, -0.15) is 9.40 Å². The third-order valence-electron chi connectivity index (χ3n) is 6.00. The summed E-state index contributed by atoms with van der Waals surface area (Å²) in [5.74, 6) is 1.70. The van der Waals surface area contributed by atoms with Gasteiger partial charge in [-0.25, -0.2) is 13.4 Å². The van der Waals surface area contributed by atoms with Crippen LogP contribution in [-0.2, 0) is 14.8 Å². The van der Waals surface area contributed by atoms with Gasteiger partial charge in [0.15, 0.2) is 5.82 Å². The molecule has 0 bridgehead atoms. The molecule has 0 unspecified atom stereocenters. The maximum atomic E-state index is 13.0. The number of hydrogen-bond donors (Lipinski definition) is 2. The van der Waals surface area contributed by atoms with Crippen LogP contribution in [0.3, 0.4) is 0 Å². The van der Waals surface area contributed by atoms with E-state index in [1.807, 2.05) is 38.1 Å². The summed E-state index contributed by atoms with van der Waals surface area (Å²) in [4.78, 5) is 17.8. The zero-order valence-corrected chi connectivity index (χ0v) is 20.3. The maximum Gasteiger partial charge on any atom is 0.243 e. The molecule has 0 aliphatic carbocycles. The van der Waals surface area contributed by atoms with Crippen molar-refractivity contribution in [2.75, 3.05) is 25.5 Å². The first-order valence-corrected chi connectivity index (χ1v) is 12.7. The molecule has 3 aromatic rings. The summed E-state index contributed by atoms with van der Waals surface area (Å²) in [6.45, 7) is 4.62. The number of H-pyrrole nitrogens is 1. The third kappa shape index (κ3) is 4.97. The molecule has 0 radical (unpaired) electrons. The van der Waals surface area contributed by atoms with Gasteiger partial charge in [-0.1, -0.05) is 26.0 Å². The van der Waals surface area contributed by atoms with Gasteiger partial charge < -0.3 is 10.1 Å². The molecular formula is C24H29N5O4S. The van der Waals surface area contributed by atoms with E-state index in [9.17, 15) is 13.2 Å². The number of carbonyl (C=O) groups excluding carboxylic acids is 1. The number of benzene rings is 2. The Balaban J connectivity index is 1.41. The fraction of sp³-hybridized carbons (Fsp3) is 0.375. The highest BCUT2D eigenvalue weighted by Crippen LogP contribution is 2.29. The molecule has 1 saturated heterocycles. The van der Waals surface area contributed by atoms with Gasteiger partial charge in [0, 0.05) is 30.5 Å². The number of aromatic amines is 1. The lowest BCUT2D eigenvalue weighted by Crippen LogP contribution is -2.41. The lowest BCUT2D eigenvalue weighted by Gasteiger charge is -2.30. The van der Waals surface area contributed by atoms with E-state index >= 15 is 0 Å². The average molecular weight is 484 g/mol. The molecule has 1 aromatic heterocycles. The van der Waals surface area contributed by atoms with E-state index in [2.05, 4.69) is 20.5 Å². The number of carbonyl (C=O) groups is 1. The SMILES string of the molecule is COc1ccc(S(=O)(=O)N2CCC(C(=O)Nc3ccccc3-c3n[nH]c(C(C)C)n3)CC2)cc1. The van der Waals surface area contributed by atoms with Gasteiger partial charge in [0.1, 0.15) is 11.6 Å². The Labute approximate surface area is 199 Å². The van der Waals surface area contributed by atoms with Crippen LogP contribution in [0.5, 0.6) is 5.75 Å². The molecule has 1 fully saturated rings. The molecule has 2 heterocycles. The largest absolute Gasteiger partial charge is 0.497 e. The quantitative estimate of drug-likeness (QED) is 0.530. The lowest BCUT2D eigenvalue weighted by molar-refractivity contribution is -0.120. The lowest BCUT2D eigenvalue weighted by atomic mass is 9.97. The minimum absolute atomic E-state index is 0.131. The van der Waals surface area contributed by atoms with Gasteiger partial charge in [-0.15, -0.1) is 0 Å². The molecule has 180 valence electrons. The first kappa shape index (κ1) is 23.9. The van der Waals surface area contributed by atoms with Crippen molar-refractivity contribution in [1.29, 1.82) is 0 Å². The molecule has 1 amide bonds. The predicted molar refractivity (Wildman–Crippen MR) is 129 cm³/mol. The van der Waals surface area contributed by atoms with Gasteiger partial charge in [0.25, 0.3) is 0 Å². The first-order valence-electron chi connectivity index (χ1n) is 11.3. The molecule has 9 nitrogen and oxygen atoms in total. The number of hydrogen-bond acceptors (Lipinski definition) is 6. The third-order valence-corrected chi connectivity index (χ3v) is 7.91. The van der Waals surface area contributed by atoms with Gasteiger partial charge in [-0.05, 0) is 49.2 Å². The van der Waals surface area contributed by atoms with Crippen molar-refractivity contribution in [2.45, 2.75) is 37.5 Å². The molecule has 4 rings (SSSR count). The summed E-state index contributed by atoms with van der Waals surface area (Å²) in [5.41, 5.74) is 1.37. The second-order valence-corrected chi connectivity index (χ2v) is 10.5. The first-order chi connectivity index (χ1) is 16.3. The van der Waals surface area contributed by atoms with E-state index in [1.54, 1.807) is 12.1 Å². The van der Waals surface area contributed by atoms with Crippen molar-refractivity contribution in [3.63, 3.8) is 0 Å². The molecule has 1 aliphatic heterocycles. The number of piperidine rings is 1. The van der Waals surface area contributed by atoms with Crippen LogP contribution in [0.4, 0.5) is 5.69 Å². The fourth-order valence-corrected chi connectivity index (χ4v) is 5.40. The Morgan fingerprint density at radius 2 is 1.79 bits per heavy atom. The molecule has 2 N–H and O–H groups in total. The Morgan fingerprint density at radius 1 is 1.12 bits per heavy atom. The van der Waals surface area contributed by atoms with Crippen LogP contribution in [0.25, 0.3) is 11.4 Å². The Morgan fingerprint density at radius 3 is 2.41 bits per heavy atom. The highest BCUT2D eigenvalue weighted by molar-refractivity contribution is 7.89. The van der Waals surface area contributed by atoms with E-state index < -0.39 is 10.0 Å². The summed E-state index contributed by atoms with van der Waals surface area (Å²) in [6, 6.07) is 13.7. The van der Waals surface area contributed by atoms with Crippen molar-refractivity contribution >= 4 is 21.6 Å². The monoisotopic (exact) mass is 483 g/mol. The molecule has 0 saturated carbocycles. The number of rotatable bonds is 7. The van der Waals surface area contributed by atoms with Gasteiger partial charge >= 0.3 is 0 Å². The number of amides is 1. The van der Waals surface area contributed by atoms with Crippen molar-refractivity contribution in [3.8, 4) is 17.1 Å². The molecule has 10 heteroatoms. The second kappa shape index (κ2) is 9.94. The predicted octanol–water partition coefficient (Wildman–Crippen LogP) is 3.64. The summed E-state index contributed by atoms with van der Waals surface area (Å²) in [6.07, 6.45) is 0.892. The standard InChI is InChI=1S/C24H29N5O4S/c1-16(2)22-26-23(28-27-22)20-6-4-5-7-21(20)25-24(30)17-12-14-29(15-13-17)34(31,32)19-10-8-18(33-3)9-11-19/h4-11,16-17H,12-15H2,1-3H3,(H,25,30)(H,26,27,28). The van der Waals surface area contributed by atoms with Crippen molar-refractivity contribution in [3.05, 3.63) is 54.4 Å². The number of methoxy groups -OCH3 is 1. The average Bonchev–Trinajstić information content (AvgIpc) is 3.35. The molecule has 0 spiro atoms. The molecule has 0 atom stereocenters. The minimum Gasteiger partial charge on any atom is -0.497 e. The summed E-state index contributed by atoms with van der Waals surface area (Å²) >= 11 is 0. The number of anilines is 1. The normalized spacial score (nSPS) is 15.4. The zero-order chi connectivity index (χ0) is 24.3. The summed E-state index contributed by atoms with van der Waals surface area (Å²) in [5, 5.41) is 10.2. The number of nitrogens with zero attached hydrogens (tertiary/aromatic N) is 3. The van der Waals surface area contributed by atoms with E-state index in [-0.39, 0.29) is 35.7 Å². The highest BCUT2D eigenvalue weighted by Gasteiger charge is 2.32. The van der Waals surface area contributed by atoms with Crippen molar-refractivity contribution in [1.82, 2.24) is 19.5 Å². The van der Waals surface area contributed by atoms with Gasteiger partial charge in [0.05, 0.1) is 17.7 Å². The minimum atomic E-state index is -3.62. The number of para-hydroxylation sites is 1. The van der Waals surface area contributed by atoms with Crippen LogP contribution >= 0.6 is 0 Å². The zero-order valence-electron chi connectivity index (χ0n) is 19.5. The fourth-order valence-electron chi connectivity index (χ4n) is 3.93. The van der Waals surface area contributed by atoms with E-state index in [1.165, 1.54) is 23.5 Å². The Kier molecular flexibility index (Phi) is 6.99. The van der Waals surface area contributed by atoms with E-state index in [0.717, 1.165) is 11.4 Å². The van der Waals surface area contributed by atoms with Crippen LogP contribution in [-0.4, -0.2) is 54.0 Å². The number of sulfonamides is 1. The molecule has 2 aromatic carbocycles. The summed E-state index contributed by atoms with van der Waals surface area (Å²) < 4.78 is 32.5. The Bertz CT molecular complexity index is 1250. The Hall–Kier alpha value is -3.24. The van der Waals surface area contributed by atoms with E-state index in [4.69, 9.17) is 4.74 Å². The van der Waals surface area contributed by atoms with Crippen LogP contribution in [0, 0.1) is 5.92 Å². The van der Waals surface area contributed by atoms with Crippen LogP contribution < -0.4 is 10.1 Å². The smallest absolute Gasteiger partial charge is 0.243 e. The number of nitrogens with one attached hydrogen (secondary N) is 2. The highest BCUT2D eigenvalue weighted by atomic mass is 32.2. The van der Waals surface area contributed by atoms with Crippen molar-refractivity contribution < 1.29 is 17.9 Å². The van der Waals surface area contributed by atoms with Crippen molar-refractivity contribution in [2.24, 2.45) is 5.92 Å². The van der Waals surface area contributed by atoms with Gasteiger partial charge in [-0.3, -0.25) is 9.89 Å². The maximum absolute atomic E-state index is 13.0. The number of ether oxygens (including phenoxy) is 1. The molecular weight excluding hydrogens is 454 g/mol. The number of aromatic nitrogens is 3. The van der Waals surface area contributed by atoms with Crippen LogP contribution in [0.2, 0.25) is 0 Å². The molecule has 1 aliphatic rings. The molecule has 34 heavy (non-hydrogen) atoms. The topological polar surface area (TPSA) is 117 Å². The van der Waals surface area contributed by atoms with Gasteiger partial charge in [0.2, 0.25) is 15.9 Å². The van der Waals surface area contributed by atoms with E-state index in [0.29, 0.717) is 30.1 Å². The van der Waals surface area contributed by atoms with Crippen LogP contribution in [0.1, 0.15) is 38.4 Å². The second-order valence-electron chi connectivity index (χ2n) is 8.59. The van der Waals surface area contributed by atoms with Crippen LogP contribution in [0.15, 0.2) is 53.4 Å².